The fourth-order valence-corrected chi connectivity index (χ4v) is 13.7. The van der Waals surface area contributed by atoms with Gasteiger partial charge in [0.05, 0.1) is 0 Å². The minimum absolute atomic E-state index is 1.12. The molecule has 72 heavy (non-hydrogen) atoms. The molecule has 14 aromatic rings. The molecule has 3 heterocycles. The van der Waals surface area contributed by atoms with Crippen LogP contribution in [-0.2, 0) is 0 Å². The molecule has 0 aliphatic carbocycles. The van der Waals surface area contributed by atoms with E-state index in [-0.39, 0.29) is 0 Å². The topological polar surface area (TPSA) is 9.72 Å². The van der Waals surface area contributed by atoms with Crippen molar-refractivity contribution in [3.63, 3.8) is 0 Å². The fourth-order valence-electron chi connectivity index (χ4n) is 10.4. The highest BCUT2D eigenvalue weighted by molar-refractivity contribution is 7.26. The molecule has 0 atom stereocenters. The van der Waals surface area contributed by atoms with Gasteiger partial charge in [-0.2, -0.15) is 0 Å². The van der Waals surface area contributed by atoms with E-state index >= 15 is 0 Å². The van der Waals surface area contributed by atoms with Crippen LogP contribution in [0.4, 0.5) is 51.2 Å². The molecule has 340 valence electrons. The Bertz CT molecular complexity index is 4240. The zero-order valence-electron chi connectivity index (χ0n) is 38.9. The predicted molar refractivity (Wildman–Crippen MR) is 315 cm³/mol. The number of fused-ring (bicyclic) bond motifs is 9. The summed E-state index contributed by atoms with van der Waals surface area (Å²) in [5.74, 6) is 0. The molecule has 3 nitrogen and oxygen atoms in total. The number of anilines is 9. The zero-order chi connectivity index (χ0) is 47.5. The second kappa shape index (κ2) is 17.7. The van der Waals surface area contributed by atoms with E-state index in [0.717, 1.165) is 51.2 Å². The van der Waals surface area contributed by atoms with Gasteiger partial charge >= 0.3 is 0 Å². The van der Waals surface area contributed by atoms with Gasteiger partial charge in [0, 0.05) is 112 Å². The first kappa shape index (κ1) is 42.4. The van der Waals surface area contributed by atoms with Crippen LogP contribution in [0.5, 0.6) is 0 Å². The highest BCUT2D eigenvalue weighted by Crippen LogP contribution is 2.47. The highest BCUT2D eigenvalue weighted by Gasteiger charge is 2.20. The number of hydrogen-bond acceptors (Lipinski definition) is 6. The monoisotopic (exact) mass is 973 g/mol. The Balaban J connectivity index is 0.819. The summed E-state index contributed by atoms with van der Waals surface area (Å²) < 4.78 is 7.70. The Morgan fingerprint density at radius 2 is 0.486 bits per heavy atom. The van der Waals surface area contributed by atoms with E-state index < -0.39 is 0 Å². The number of benzene rings is 11. The fraction of sp³-hybridized carbons (Fsp3) is 0. The van der Waals surface area contributed by atoms with Crippen LogP contribution >= 0.6 is 34.0 Å². The number of para-hydroxylation sites is 4. The Morgan fingerprint density at radius 1 is 0.181 bits per heavy atom. The van der Waals surface area contributed by atoms with Crippen molar-refractivity contribution in [3.8, 4) is 11.1 Å². The second-order valence-electron chi connectivity index (χ2n) is 18.1. The molecule has 6 heteroatoms. The van der Waals surface area contributed by atoms with Crippen molar-refractivity contribution in [2.24, 2.45) is 0 Å². The molecular formula is C66H43N3S3. The van der Waals surface area contributed by atoms with Crippen LogP contribution in [0.3, 0.4) is 0 Å². The molecule has 0 aliphatic heterocycles. The predicted octanol–water partition coefficient (Wildman–Crippen LogP) is 20.9. The van der Waals surface area contributed by atoms with Crippen molar-refractivity contribution in [3.05, 3.63) is 261 Å². The van der Waals surface area contributed by atoms with Gasteiger partial charge in [-0.1, -0.05) is 121 Å². The Hall–Kier alpha value is -8.52. The summed E-state index contributed by atoms with van der Waals surface area (Å²) >= 11 is 5.57. The molecular weight excluding hydrogens is 931 g/mol. The van der Waals surface area contributed by atoms with Gasteiger partial charge in [-0.15, -0.1) is 34.0 Å². The molecule has 0 fully saturated rings. The second-order valence-corrected chi connectivity index (χ2v) is 21.4. The van der Waals surface area contributed by atoms with Crippen LogP contribution in [0.25, 0.3) is 71.6 Å². The summed E-state index contributed by atoms with van der Waals surface area (Å²) in [6, 6.07) is 95.2. The summed E-state index contributed by atoms with van der Waals surface area (Å²) in [6.07, 6.45) is 0. The van der Waals surface area contributed by atoms with Crippen LogP contribution in [0.2, 0.25) is 0 Å². The minimum atomic E-state index is 1.12. The first-order valence-corrected chi connectivity index (χ1v) is 26.7. The summed E-state index contributed by atoms with van der Waals surface area (Å²) in [4.78, 5) is 7.12. The lowest BCUT2D eigenvalue weighted by atomic mass is 10.0. The summed E-state index contributed by atoms with van der Waals surface area (Å²) in [6.45, 7) is 0. The van der Waals surface area contributed by atoms with E-state index in [1.54, 1.807) is 0 Å². The molecule has 0 radical (unpaired) electrons. The number of rotatable bonds is 10. The van der Waals surface area contributed by atoms with Crippen LogP contribution in [0.15, 0.2) is 261 Å². The van der Waals surface area contributed by atoms with Crippen LogP contribution in [-0.4, -0.2) is 0 Å². The van der Waals surface area contributed by atoms with Crippen molar-refractivity contribution >= 4 is 146 Å². The van der Waals surface area contributed by atoms with Gasteiger partial charge in [-0.3, -0.25) is 0 Å². The highest BCUT2D eigenvalue weighted by atomic mass is 32.1. The lowest BCUT2D eigenvalue weighted by molar-refractivity contribution is 1.29. The lowest BCUT2D eigenvalue weighted by Gasteiger charge is -2.26. The zero-order valence-corrected chi connectivity index (χ0v) is 41.3. The van der Waals surface area contributed by atoms with Crippen molar-refractivity contribution in [2.45, 2.75) is 0 Å². The van der Waals surface area contributed by atoms with Crippen LogP contribution in [0.1, 0.15) is 0 Å². The molecule has 0 saturated heterocycles. The number of hydrogen-bond donors (Lipinski definition) is 0. The van der Waals surface area contributed by atoms with Gasteiger partial charge in [0.2, 0.25) is 0 Å². The molecule has 0 amide bonds. The maximum atomic E-state index is 2.40. The first-order valence-electron chi connectivity index (χ1n) is 24.2. The summed E-state index contributed by atoms with van der Waals surface area (Å²) in [5, 5.41) is 7.67. The molecule has 0 unspecified atom stereocenters. The van der Waals surface area contributed by atoms with Gasteiger partial charge in [0.15, 0.2) is 0 Å². The van der Waals surface area contributed by atoms with Gasteiger partial charge in [-0.25, -0.2) is 0 Å². The SMILES string of the molecule is c1ccc(N(c2ccc(-c3ccc4sc5ccccc5c4c3)cc2)c2ccc3c(c2)sc2ccc(N(c4ccccc4)c4ccc5c(c4)sc4ccc(N(c6ccccc6)c6ccccc6)cc45)cc23)cc1. The van der Waals surface area contributed by atoms with E-state index in [1.807, 2.05) is 34.0 Å². The standard InChI is InChI=1S/C66H43N3S3/c1-5-15-46(16-6-1)67(47-17-7-2-8-18-47)51-32-37-63-59(40-51)57-35-31-54(43-66(57)72-63)69(49-21-11-4-12-22-49)52-33-38-64-60(41-52)56-34-30-53(42-65(56)71-64)68(48-19-9-3-10-20-48)50-28-25-44(26-29-50)45-27-36-62-58(39-45)55-23-13-14-24-61(55)70-62/h1-43H. The van der Waals surface area contributed by atoms with E-state index in [2.05, 4.69) is 276 Å². The largest absolute Gasteiger partial charge is 0.310 e. The number of thiophene rings is 3. The average Bonchev–Trinajstić information content (AvgIpc) is 4.13. The minimum Gasteiger partial charge on any atom is -0.310 e. The maximum Gasteiger partial charge on any atom is 0.0476 e. The molecule has 0 N–H and O–H groups in total. The van der Waals surface area contributed by atoms with Crippen LogP contribution < -0.4 is 14.7 Å². The van der Waals surface area contributed by atoms with E-state index in [0.29, 0.717) is 0 Å². The average molecular weight is 974 g/mol. The Kier molecular flexibility index (Phi) is 10.4. The van der Waals surface area contributed by atoms with Gasteiger partial charge < -0.3 is 14.7 Å². The molecule has 0 saturated carbocycles. The van der Waals surface area contributed by atoms with E-state index in [1.165, 1.54) is 71.6 Å². The lowest BCUT2D eigenvalue weighted by Crippen LogP contribution is -2.09. The van der Waals surface area contributed by atoms with Crippen molar-refractivity contribution in [1.29, 1.82) is 0 Å². The molecule has 0 bridgehead atoms. The molecule has 0 aliphatic rings. The Morgan fingerprint density at radius 3 is 0.972 bits per heavy atom. The molecule has 3 aromatic heterocycles. The quantitative estimate of drug-likeness (QED) is 0.135. The van der Waals surface area contributed by atoms with Gasteiger partial charge in [0.1, 0.15) is 0 Å². The number of nitrogens with zero attached hydrogens (tertiary/aromatic N) is 3. The summed E-state index contributed by atoms with van der Waals surface area (Å²) in [5.41, 5.74) is 12.6. The maximum absolute atomic E-state index is 2.40. The van der Waals surface area contributed by atoms with Crippen LogP contribution in [0, 0.1) is 0 Å². The smallest absolute Gasteiger partial charge is 0.0476 e. The van der Waals surface area contributed by atoms with Crippen molar-refractivity contribution in [2.75, 3.05) is 14.7 Å². The van der Waals surface area contributed by atoms with Crippen molar-refractivity contribution in [1.82, 2.24) is 0 Å². The molecule has 0 spiro atoms. The third kappa shape index (κ3) is 7.47. The molecule has 11 aromatic carbocycles. The Labute approximate surface area is 429 Å². The van der Waals surface area contributed by atoms with E-state index in [4.69, 9.17) is 0 Å². The van der Waals surface area contributed by atoms with E-state index in [9.17, 15) is 0 Å². The van der Waals surface area contributed by atoms with Crippen molar-refractivity contribution < 1.29 is 0 Å². The third-order valence-corrected chi connectivity index (χ3v) is 17.2. The van der Waals surface area contributed by atoms with Gasteiger partial charge in [0.25, 0.3) is 0 Å². The summed E-state index contributed by atoms with van der Waals surface area (Å²) in [7, 11) is 0. The molecule has 14 rings (SSSR count). The normalized spacial score (nSPS) is 11.6. The third-order valence-electron chi connectivity index (χ3n) is 13.8. The first-order chi connectivity index (χ1) is 35.7. The van der Waals surface area contributed by atoms with Gasteiger partial charge in [-0.05, 0) is 151 Å².